The maximum atomic E-state index is 12.5. The van der Waals surface area contributed by atoms with Gasteiger partial charge in [-0.15, -0.1) is 0 Å². The van der Waals surface area contributed by atoms with Gasteiger partial charge in [0.2, 0.25) is 17.6 Å². The van der Waals surface area contributed by atoms with Crippen molar-refractivity contribution >= 4 is 5.91 Å². The van der Waals surface area contributed by atoms with E-state index in [9.17, 15) is 13.6 Å². The Morgan fingerprint density at radius 2 is 2.08 bits per heavy atom. The molecule has 0 unspecified atom stereocenters. The summed E-state index contributed by atoms with van der Waals surface area (Å²) in [5.74, 6) is 0.670. The molecule has 9 heteroatoms. The van der Waals surface area contributed by atoms with Crippen LogP contribution in [0.1, 0.15) is 19.2 Å². The maximum absolute atomic E-state index is 12.5. The fourth-order valence-electron chi connectivity index (χ4n) is 2.91. The highest BCUT2D eigenvalue weighted by Gasteiger charge is 2.20. The number of ether oxygens (including phenoxy) is 1. The number of hydrogen-bond donors (Lipinski definition) is 0. The average molecular weight is 366 g/mol. The van der Waals surface area contributed by atoms with Gasteiger partial charge in [-0.2, -0.15) is 13.8 Å². The predicted octanol–water partition coefficient (Wildman–Crippen LogP) is 2.39. The first-order valence-electron chi connectivity index (χ1n) is 8.37. The minimum atomic E-state index is -2.93. The summed E-state index contributed by atoms with van der Waals surface area (Å²) >= 11 is 0. The molecule has 0 atom stereocenters. The van der Waals surface area contributed by atoms with E-state index in [2.05, 4.69) is 19.8 Å². The van der Waals surface area contributed by atoms with E-state index in [0.29, 0.717) is 31.1 Å². The Morgan fingerprint density at radius 3 is 2.85 bits per heavy atom. The molecule has 0 aliphatic carbocycles. The summed E-state index contributed by atoms with van der Waals surface area (Å²) in [5, 5.41) is 3.88. The molecule has 1 aromatic heterocycles. The molecule has 140 valence electrons. The normalized spacial score (nSPS) is 15.9. The third kappa shape index (κ3) is 4.54. The Kier molecular flexibility index (Phi) is 5.77. The number of amides is 1. The third-order valence-electron chi connectivity index (χ3n) is 4.20. The average Bonchev–Trinajstić information content (AvgIpc) is 2.92. The van der Waals surface area contributed by atoms with Crippen LogP contribution >= 0.6 is 0 Å². The molecule has 0 N–H and O–H groups in total. The topological polar surface area (TPSA) is 71.7 Å². The molecule has 0 radical (unpaired) electrons. The van der Waals surface area contributed by atoms with E-state index in [1.54, 1.807) is 25.1 Å². The van der Waals surface area contributed by atoms with Crippen LogP contribution in [0.15, 0.2) is 28.8 Å². The molecule has 7 nitrogen and oxygen atoms in total. The summed E-state index contributed by atoms with van der Waals surface area (Å²) in [6.45, 7) is 1.99. The first-order chi connectivity index (χ1) is 12.5. The van der Waals surface area contributed by atoms with E-state index in [1.165, 1.54) is 6.07 Å². The van der Waals surface area contributed by atoms with Gasteiger partial charge in [-0.3, -0.25) is 9.69 Å². The smallest absolute Gasteiger partial charge is 0.387 e. The SMILES string of the molecule is CC(=O)N1CCCN(Cc2nc(-c3ccccc3OC(F)F)no2)CC1. The number of aromatic nitrogens is 2. The van der Waals surface area contributed by atoms with Crippen LogP contribution in [0.25, 0.3) is 11.4 Å². The van der Waals surface area contributed by atoms with Gasteiger partial charge in [-0.25, -0.2) is 0 Å². The first kappa shape index (κ1) is 18.2. The number of halogens is 2. The second kappa shape index (κ2) is 8.22. The molecule has 1 aliphatic rings. The summed E-state index contributed by atoms with van der Waals surface area (Å²) in [6, 6.07) is 6.32. The predicted molar refractivity (Wildman–Crippen MR) is 88.5 cm³/mol. The molecule has 1 fully saturated rings. The van der Waals surface area contributed by atoms with Gasteiger partial charge in [0.25, 0.3) is 0 Å². The molecule has 0 bridgehead atoms. The second-order valence-corrected chi connectivity index (χ2v) is 6.02. The van der Waals surface area contributed by atoms with Crippen molar-refractivity contribution < 1.29 is 22.8 Å². The molecule has 0 spiro atoms. The lowest BCUT2D eigenvalue weighted by Crippen LogP contribution is -2.33. The van der Waals surface area contributed by atoms with Crippen LogP contribution in [0.3, 0.4) is 0 Å². The molecular weight excluding hydrogens is 346 g/mol. The summed E-state index contributed by atoms with van der Waals surface area (Å²) in [7, 11) is 0. The molecule has 2 heterocycles. The summed E-state index contributed by atoms with van der Waals surface area (Å²) in [6.07, 6.45) is 0.867. The Hall–Kier alpha value is -2.55. The third-order valence-corrected chi connectivity index (χ3v) is 4.20. The fraction of sp³-hybridized carbons (Fsp3) is 0.471. The van der Waals surface area contributed by atoms with Crippen molar-refractivity contribution in [1.82, 2.24) is 19.9 Å². The lowest BCUT2D eigenvalue weighted by atomic mass is 10.2. The fourth-order valence-corrected chi connectivity index (χ4v) is 2.91. The van der Waals surface area contributed by atoms with E-state index >= 15 is 0 Å². The molecule has 1 aliphatic heterocycles. The zero-order valence-corrected chi connectivity index (χ0v) is 14.4. The lowest BCUT2D eigenvalue weighted by molar-refractivity contribution is -0.128. The number of hydrogen-bond acceptors (Lipinski definition) is 6. The molecule has 3 rings (SSSR count). The van der Waals surface area contributed by atoms with Crippen LogP contribution in [0.2, 0.25) is 0 Å². The number of para-hydroxylation sites is 1. The van der Waals surface area contributed by atoms with Crippen molar-refractivity contribution in [2.24, 2.45) is 0 Å². The Morgan fingerprint density at radius 1 is 1.27 bits per heavy atom. The molecule has 1 saturated heterocycles. The quantitative estimate of drug-likeness (QED) is 0.809. The minimum Gasteiger partial charge on any atom is -0.434 e. The summed E-state index contributed by atoms with van der Waals surface area (Å²) in [4.78, 5) is 19.7. The van der Waals surface area contributed by atoms with Crippen LogP contribution in [-0.4, -0.2) is 58.6 Å². The monoisotopic (exact) mass is 366 g/mol. The number of carbonyl (C=O) groups excluding carboxylic acids is 1. The number of carbonyl (C=O) groups is 1. The largest absolute Gasteiger partial charge is 0.434 e. The maximum Gasteiger partial charge on any atom is 0.387 e. The molecule has 2 aromatic rings. The Labute approximate surface area is 149 Å². The van der Waals surface area contributed by atoms with E-state index in [0.717, 1.165) is 19.5 Å². The molecule has 1 amide bonds. The van der Waals surface area contributed by atoms with Crippen molar-refractivity contribution in [3.63, 3.8) is 0 Å². The Bertz CT molecular complexity index is 753. The molecular formula is C17H20F2N4O3. The van der Waals surface area contributed by atoms with Crippen molar-refractivity contribution in [3.8, 4) is 17.1 Å². The highest BCUT2D eigenvalue weighted by atomic mass is 19.3. The van der Waals surface area contributed by atoms with Crippen molar-refractivity contribution in [1.29, 1.82) is 0 Å². The van der Waals surface area contributed by atoms with Crippen LogP contribution in [0.5, 0.6) is 5.75 Å². The van der Waals surface area contributed by atoms with Gasteiger partial charge < -0.3 is 14.2 Å². The molecule has 1 aromatic carbocycles. The standard InChI is InChI=1S/C17H20F2N4O3/c1-12(24)23-8-4-7-22(9-10-23)11-15-20-16(21-26-15)13-5-2-3-6-14(13)25-17(18)19/h2-3,5-6,17H,4,7-11H2,1H3. The van der Waals surface area contributed by atoms with Crippen molar-refractivity contribution in [3.05, 3.63) is 30.2 Å². The van der Waals surface area contributed by atoms with Crippen LogP contribution in [0, 0.1) is 0 Å². The van der Waals surface area contributed by atoms with E-state index in [-0.39, 0.29) is 17.5 Å². The number of rotatable bonds is 5. The van der Waals surface area contributed by atoms with Gasteiger partial charge in [0, 0.05) is 33.1 Å². The van der Waals surface area contributed by atoms with Crippen LogP contribution in [0.4, 0.5) is 8.78 Å². The van der Waals surface area contributed by atoms with Crippen molar-refractivity contribution in [2.45, 2.75) is 26.5 Å². The zero-order valence-electron chi connectivity index (χ0n) is 14.4. The summed E-state index contributed by atoms with van der Waals surface area (Å²) < 4.78 is 34.8. The second-order valence-electron chi connectivity index (χ2n) is 6.02. The van der Waals surface area contributed by atoms with Gasteiger partial charge in [0.1, 0.15) is 5.75 Å². The highest BCUT2D eigenvalue weighted by Crippen LogP contribution is 2.29. The minimum absolute atomic E-state index is 0.00159. The number of benzene rings is 1. The number of alkyl halides is 2. The molecule has 26 heavy (non-hydrogen) atoms. The number of nitrogens with zero attached hydrogens (tertiary/aromatic N) is 4. The van der Waals surface area contributed by atoms with Gasteiger partial charge in [-0.05, 0) is 18.6 Å². The first-order valence-corrected chi connectivity index (χ1v) is 8.37. The molecule has 0 saturated carbocycles. The zero-order chi connectivity index (χ0) is 18.5. The van der Waals surface area contributed by atoms with Gasteiger partial charge in [0.05, 0.1) is 12.1 Å². The van der Waals surface area contributed by atoms with E-state index < -0.39 is 6.61 Å². The highest BCUT2D eigenvalue weighted by molar-refractivity contribution is 5.73. The van der Waals surface area contributed by atoms with E-state index in [1.807, 2.05) is 4.90 Å². The van der Waals surface area contributed by atoms with Crippen LogP contribution < -0.4 is 4.74 Å². The van der Waals surface area contributed by atoms with Crippen molar-refractivity contribution in [2.75, 3.05) is 26.2 Å². The lowest BCUT2D eigenvalue weighted by Gasteiger charge is -2.19. The van der Waals surface area contributed by atoms with Gasteiger partial charge in [-0.1, -0.05) is 17.3 Å². The van der Waals surface area contributed by atoms with Gasteiger partial charge >= 0.3 is 6.61 Å². The van der Waals surface area contributed by atoms with Gasteiger partial charge in [0.15, 0.2) is 0 Å². The summed E-state index contributed by atoms with van der Waals surface area (Å²) in [5.41, 5.74) is 0.349. The van der Waals surface area contributed by atoms with Crippen LogP contribution in [-0.2, 0) is 11.3 Å². The Balaban J connectivity index is 1.68. The van der Waals surface area contributed by atoms with E-state index in [4.69, 9.17) is 4.52 Å².